The molecule has 166 valence electrons. The van der Waals surface area contributed by atoms with E-state index in [9.17, 15) is 4.79 Å². The molecule has 1 atom stereocenters. The molecule has 32 heavy (non-hydrogen) atoms. The SMILES string of the molecule is CCn1ncc([C@H](C)NC(=O)c2cc(-c3ccc(OC)cc3)nc3c2c(C)nn3C)c1C. The Morgan fingerprint density at radius 2 is 1.94 bits per heavy atom. The van der Waals surface area contributed by atoms with Crippen LogP contribution in [0, 0.1) is 13.8 Å². The van der Waals surface area contributed by atoms with E-state index in [0.717, 1.165) is 40.2 Å². The van der Waals surface area contributed by atoms with Gasteiger partial charge in [-0.05, 0) is 58.0 Å². The lowest BCUT2D eigenvalue weighted by atomic mass is 10.0. The molecule has 0 radical (unpaired) electrons. The Kier molecular flexibility index (Phi) is 5.69. The third-order valence-electron chi connectivity index (χ3n) is 5.85. The van der Waals surface area contributed by atoms with Crippen LogP contribution >= 0.6 is 0 Å². The van der Waals surface area contributed by atoms with Crippen molar-refractivity contribution in [3.8, 4) is 17.0 Å². The molecule has 3 heterocycles. The summed E-state index contributed by atoms with van der Waals surface area (Å²) in [5.41, 5.74) is 5.65. The van der Waals surface area contributed by atoms with Crippen LogP contribution in [0.1, 0.15) is 47.2 Å². The Balaban J connectivity index is 1.75. The summed E-state index contributed by atoms with van der Waals surface area (Å²) in [7, 11) is 3.47. The van der Waals surface area contributed by atoms with E-state index in [2.05, 4.69) is 15.5 Å². The van der Waals surface area contributed by atoms with E-state index in [-0.39, 0.29) is 11.9 Å². The molecule has 4 aromatic rings. The number of fused-ring (bicyclic) bond motifs is 1. The highest BCUT2D eigenvalue weighted by atomic mass is 16.5. The fraction of sp³-hybridized carbons (Fsp3) is 0.333. The Morgan fingerprint density at radius 1 is 1.22 bits per heavy atom. The minimum absolute atomic E-state index is 0.167. The molecule has 1 amide bonds. The van der Waals surface area contributed by atoms with Crippen LogP contribution in [0.4, 0.5) is 0 Å². The third-order valence-corrected chi connectivity index (χ3v) is 5.85. The molecule has 8 heteroatoms. The lowest BCUT2D eigenvalue weighted by Crippen LogP contribution is -2.27. The monoisotopic (exact) mass is 432 g/mol. The average Bonchev–Trinajstić information content (AvgIpc) is 3.31. The van der Waals surface area contributed by atoms with E-state index in [1.807, 2.05) is 76.0 Å². The van der Waals surface area contributed by atoms with Crippen LogP contribution in [-0.4, -0.2) is 37.6 Å². The molecule has 8 nitrogen and oxygen atoms in total. The van der Waals surface area contributed by atoms with Crippen LogP contribution < -0.4 is 10.1 Å². The number of nitrogens with one attached hydrogen (secondary N) is 1. The number of aromatic nitrogens is 5. The van der Waals surface area contributed by atoms with E-state index in [1.54, 1.807) is 11.8 Å². The Bertz CT molecular complexity index is 1290. The summed E-state index contributed by atoms with van der Waals surface area (Å²) in [5.74, 6) is 0.598. The maximum Gasteiger partial charge on any atom is 0.252 e. The number of methoxy groups -OCH3 is 1. The zero-order valence-electron chi connectivity index (χ0n) is 19.3. The second-order valence-electron chi connectivity index (χ2n) is 7.89. The van der Waals surface area contributed by atoms with Crippen molar-refractivity contribution in [2.24, 2.45) is 7.05 Å². The Morgan fingerprint density at radius 3 is 2.56 bits per heavy atom. The van der Waals surface area contributed by atoms with Gasteiger partial charge in [0.1, 0.15) is 5.75 Å². The molecule has 0 aliphatic heterocycles. The highest BCUT2D eigenvalue weighted by molar-refractivity contribution is 6.07. The number of pyridine rings is 1. The van der Waals surface area contributed by atoms with Crippen LogP contribution in [0.15, 0.2) is 36.5 Å². The fourth-order valence-electron chi connectivity index (χ4n) is 4.09. The molecule has 1 aromatic carbocycles. The quantitative estimate of drug-likeness (QED) is 0.498. The van der Waals surface area contributed by atoms with Crippen LogP contribution in [0.2, 0.25) is 0 Å². The van der Waals surface area contributed by atoms with Crippen molar-refractivity contribution < 1.29 is 9.53 Å². The number of carbonyl (C=O) groups excluding carboxylic acids is 1. The van der Waals surface area contributed by atoms with Crippen molar-refractivity contribution in [3.63, 3.8) is 0 Å². The van der Waals surface area contributed by atoms with Crippen molar-refractivity contribution in [2.45, 2.75) is 40.3 Å². The summed E-state index contributed by atoms with van der Waals surface area (Å²) >= 11 is 0. The van der Waals surface area contributed by atoms with Gasteiger partial charge in [0.15, 0.2) is 5.65 Å². The number of nitrogens with zero attached hydrogens (tertiary/aromatic N) is 5. The summed E-state index contributed by atoms with van der Waals surface area (Å²) in [6, 6.07) is 9.28. The number of hydrogen-bond acceptors (Lipinski definition) is 5. The standard InChI is InChI=1S/C24H28N6O2/c1-7-30-16(4)20(13-25-30)14(2)26-24(31)19-12-21(17-8-10-18(32-6)11-9-17)27-23-22(19)15(3)28-29(23)5/h8-14H,7H2,1-6H3,(H,26,31)/t14-/m0/s1. The van der Waals surface area contributed by atoms with E-state index >= 15 is 0 Å². The predicted octanol–water partition coefficient (Wildman–Crippen LogP) is 3.97. The van der Waals surface area contributed by atoms with Gasteiger partial charge < -0.3 is 10.1 Å². The number of carbonyl (C=O) groups is 1. The first-order valence-electron chi connectivity index (χ1n) is 10.7. The molecule has 0 saturated heterocycles. The predicted molar refractivity (Wildman–Crippen MR) is 124 cm³/mol. The van der Waals surface area contributed by atoms with Gasteiger partial charge in [-0.2, -0.15) is 10.2 Å². The molecule has 0 bridgehead atoms. The van der Waals surface area contributed by atoms with Gasteiger partial charge in [0.25, 0.3) is 5.91 Å². The highest BCUT2D eigenvalue weighted by Gasteiger charge is 2.22. The van der Waals surface area contributed by atoms with Gasteiger partial charge in [-0.3, -0.25) is 14.2 Å². The molecule has 0 fully saturated rings. The molecular formula is C24H28N6O2. The first-order chi connectivity index (χ1) is 15.3. The van der Waals surface area contributed by atoms with Gasteiger partial charge in [-0.15, -0.1) is 0 Å². The third kappa shape index (κ3) is 3.72. The van der Waals surface area contributed by atoms with E-state index in [4.69, 9.17) is 9.72 Å². The van der Waals surface area contributed by atoms with Crippen molar-refractivity contribution in [1.82, 2.24) is 29.9 Å². The minimum Gasteiger partial charge on any atom is -0.497 e. The topological polar surface area (TPSA) is 86.9 Å². The number of aryl methyl sites for hydroxylation is 3. The number of ether oxygens (including phenoxy) is 1. The highest BCUT2D eigenvalue weighted by Crippen LogP contribution is 2.28. The summed E-state index contributed by atoms with van der Waals surface area (Å²) in [6.07, 6.45) is 1.82. The molecule has 3 aromatic heterocycles. The van der Waals surface area contributed by atoms with Gasteiger partial charge in [-0.1, -0.05) is 0 Å². The van der Waals surface area contributed by atoms with E-state index in [1.165, 1.54) is 0 Å². The van der Waals surface area contributed by atoms with Gasteiger partial charge in [-0.25, -0.2) is 4.98 Å². The van der Waals surface area contributed by atoms with E-state index < -0.39 is 0 Å². The zero-order chi connectivity index (χ0) is 23.0. The second kappa shape index (κ2) is 8.45. The number of amides is 1. The van der Waals surface area contributed by atoms with Gasteiger partial charge in [0, 0.05) is 30.4 Å². The maximum absolute atomic E-state index is 13.5. The number of rotatable bonds is 6. The Hall–Kier alpha value is -3.68. The van der Waals surface area contributed by atoms with Crippen LogP contribution in [-0.2, 0) is 13.6 Å². The first kappa shape index (κ1) is 21.5. The molecular weight excluding hydrogens is 404 g/mol. The van der Waals surface area contributed by atoms with Gasteiger partial charge in [0.2, 0.25) is 0 Å². The lowest BCUT2D eigenvalue weighted by molar-refractivity contribution is 0.0941. The summed E-state index contributed by atoms with van der Waals surface area (Å²) in [6.45, 7) is 8.73. The van der Waals surface area contributed by atoms with Crippen molar-refractivity contribution in [2.75, 3.05) is 7.11 Å². The average molecular weight is 433 g/mol. The molecule has 0 spiro atoms. The lowest BCUT2D eigenvalue weighted by Gasteiger charge is -2.15. The summed E-state index contributed by atoms with van der Waals surface area (Å²) in [5, 5.41) is 12.8. The summed E-state index contributed by atoms with van der Waals surface area (Å²) in [4.78, 5) is 18.2. The number of benzene rings is 1. The van der Waals surface area contributed by atoms with Gasteiger partial charge >= 0.3 is 0 Å². The molecule has 0 aliphatic rings. The van der Waals surface area contributed by atoms with Crippen molar-refractivity contribution in [1.29, 1.82) is 0 Å². The Labute approximate surface area is 187 Å². The molecule has 4 rings (SSSR count). The largest absolute Gasteiger partial charge is 0.497 e. The van der Waals surface area contributed by atoms with Crippen LogP contribution in [0.5, 0.6) is 5.75 Å². The van der Waals surface area contributed by atoms with Crippen LogP contribution in [0.25, 0.3) is 22.3 Å². The van der Waals surface area contributed by atoms with Crippen molar-refractivity contribution >= 4 is 16.9 Å². The molecule has 0 aliphatic carbocycles. The number of hydrogen-bond donors (Lipinski definition) is 1. The second-order valence-corrected chi connectivity index (χ2v) is 7.89. The first-order valence-corrected chi connectivity index (χ1v) is 10.7. The van der Waals surface area contributed by atoms with E-state index in [0.29, 0.717) is 16.9 Å². The minimum atomic E-state index is -0.188. The van der Waals surface area contributed by atoms with Crippen molar-refractivity contribution in [3.05, 3.63) is 59.0 Å². The maximum atomic E-state index is 13.5. The molecule has 0 saturated carbocycles. The fourth-order valence-corrected chi connectivity index (χ4v) is 4.09. The summed E-state index contributed by atoms with van der Waals surface area (Å²) < 4.78 is 8.90. The zero-order valence-corrected chi connectivity index (χ0v) is 19.3. The molecule has 1 N–H and O–H groups in total. The van der Waals surface area contributed by atoms with Gasteiger partial charge in [0.05, 0.1) is 41.7 Å². The smallest absolute Gasteiger partial charge is 0.252 e. The molecule has 0 unspecified atom stereocenters. The van der Waals surface area contributed by atoms with Crippen LogP contribution in [0.3, 0.4) is 0 Å². The normalized spacial score (nSPS) is 12.2.